The number of rotatable bonds is 20. The number of benzene rings is 3. The fourth-order valence-electron chi connectivity index (χ4n) is 6.72. The van der Waals surface area contributed by atoms with Gasteiger partial charge in [-0.2, -0.15) is 13.0 Å². The molecule has 0 fully saturated rings. The first-order valence-electron chi connectivity index (χ1n) is 18.1. The van der Waals surface area contributed by atoms with Crippen LogP contribution in [0.5, 0.6) is 11.5 Å². The van der Waals surface area contributed by atoms with Gasteiger partial charge in [-0.15, -0.1) is 0 Å². The average molecular weight is 723 g/mol. The van der Waals surface area contributed by atoms with E-state index < -0.39 is 27.8 Å². The third-order valence-corrected chi connectivity index (χ3v) is 10.2. The summed E-state index contributed by atoms with van der Waals surface area (Å²) in [5.41, 5.74) is 2.83. The number of quaternary nitrogens is 1. The van der Waals surface area contributed by atoms with E-state index >= 15 is 0 Å². The van der Waals surface area contributed by atoms with Gasteiger partial charge in [0.25, 0.3) is 10.1 Å². The number of carboxylic acids is 1. The first-order valence-corrected chi connectivity index (χ1v) is 19.7. The molecule has 2 N–H and O–H groups in total. The van der Waals surface area contributed by atoms with Gasteiger partial charge in [-0.1, -0.05) is 44.7 Å². The Labute approximate surface area is 302 Å². The van der Waals surface area contributed by atoms with E-state index in [1.807, 2.05) is 47.0 Å². The van der Waals surface area contributed by atoms with Crippen molar-refractivity contribution in [3.8, 4) is 11.5 Å². The number of hydrogen-bond acceptors (Lipinski definition) is 6. The van der Waals surface area contributed by atoms with Crippen LogP contribution in [0.25, 0.3) is 21.8 Å². The Hall–Kier alpha value is -4.06. The third kappa shape index (κ3) is 11.2. The number of fused-ring (bicyclic) bond motifs is 2. The van der Waals surface area contributed by atoms with Gasteiger partial charge < -0.3 is 19.1 Å². The number of aromatic nitrogens is 1. The average Bonchev–Trinajstić information content (AvgIpc) is 3.07. The lowest BCUT2D eigenvalue weighted by Gasteiger charge is -2.29. The van der Waals surface area contributed by atoms with Gasteiger partial charge in [-0.05, 0) is 81.0 Å². The normalized spacial score (nSPS) is 12.0. The molecule has 1 aromatic heterocycles. The van der Waals surface area contributed by atoms with Crippen molar-refractivity contribution in [3.63, 3.8) is 0 Å². The minimum absolute atomic E-state index is 0.106. The molecule has 0 saturated heterocycles. The molecule has 4 aromatic rings. The summed E-state index contributed by atoms with van der Waals surface area (Å²) in [7, 11) is 0.484. The largest absolute Gasteiger partial charge is 0.494 e. The molecule has 0 spiro atoms. The molecule has 0 bridgehead atoms. The molecule has 4 rings (SSSR count). The number of esters is 1. The number of aromatic carboxylic acids is 1. The summed E-state index contributed by atoms with van der Waals surface area (Å²) >= 11 is 0. The Kier molecular flexibility index (Phi) is 14.0. The fourth-order valence-corrected chi connectivity index (χ4v) is 7.21. The second-order valence-corrected chi connectivity index (χ2v) is 15.8. The molecule has 0 amide bonds. The molecule has 0 aliphatic carbocycles. The number of nitrogens with zero attached hydrogens (tertiary/aromatic N) is 2. The summed E-state index contributed by atoms with van der Waals surface area (Å²) in [5.74, 6) is -1.19. The summed E-state index contributed by atoms with van der Waals surface area (Å²) in [6.07, 6.45) is 9.48. The van der Waals surface area contributed by atoms with Crippen molar-refractivity contribution in [2.24, 2.45) is 0 Å². The van der Waals surface area contributed by atoms with Crippen LogP contribution in [0.15, 0.2) is 54.6 Å². The van der Waals surface area contributed by atoms with Crippen molar-refractivity contribution in [2.75, 3.05) is 39.5 Å². The van der Waals surface area contributed by atoms with E-state index in [0.29, 0.717) is 56.6 Å². The molecule has 0 aliphatic heterocycles. The van der Waals surface area contributed by atoms with Gasteiger partial charge in [-0.25, -0.2) is 9.59 Å². The topological polar surface area (TPSA) is 131 Å². The smallest absolute Gasteiger partial charge is 0.345 e. The minimum Gasteiger partial charge on any atom is -0.494 e. The van der Waals surface area contributed by atoms with Crippen LogP contribution >= 0.6 is 0 Å². The number of carbonyl (C=O) groups excluding carboxylic acids is 1. The fraction of sp³-hybridized carbons (Fsp3) is 0.475. The molecule has 1 heterocycles. The van der Waals surface area contributed by atoms with Gasteiger partial charge in [0.05, 0.1) is 61.4 Å². The van der Waals surface area contributed by atoms with Crippen molar-refractivity contribution >= 4 is 43.9 Å². The predicted octanol–water partition coefficient (Wildman–Crippen LogP) is 7.69. The Balaban J connectivity index is 1.56. The number of pyridine rings is 1. The molecule has 10 nitrogen and oxygen atoms in total. The molecular formula is C40H54N2O8S+2. The van der Waals surface area contributed by atoms with Crippen LogP contribution in [-0.4, -0.2) is 74.0 Å². The first kappa shape index (κ1) is 39.7. The Morgan fingerprint density at radius 1 is 0.804 bits per heavy atom. The number of aryl methyl sites for hydroxylation is 3. The highest BCUT2D eigenvalue weighted by Crippen LogP contribution is 2.32. The van der Waals surface area contributed by atoms with Gasteiger partial charge in [0, 0.05) is 18.6 Å². The molecule has 0 saturated carbocycles. The van der Waals surface area contributed by atoms with Gasteiger partial charge >= 0.3 is 11.9 Å². The Morgan fingerprint density at radius 2 is 1.43 bits per heavy atom. The zero-order valence-electron chi connectivity index (χ0n) is 30.7. The van der Waals surface area contributed by atoms with Gasteiger partial charge in [-0.3, -0.25) is 4.55 Å². The van der Waals surface area contributed by atoms with Crippen LogP contribution in [0.4, 0.5) is 0 Å². The molecule has 0 aliphatic rings. The summed E-state index contributed by atoms with van der Waals surface area (Å²) in [6.45, 7) is 8.90. The summed E-state index contributed by atoms with van der Waals surface area (Å²) in [4.78, 5) is 25.7. The third-order valence-electron chi connectivity index (χ3n) is 9.43. The number of ether oxygens (including phenoxy) is 2. The molecule has 0 unspecified atom stereocenters. The van der Waals surface area contributed by atoms with Crippen LogP contribution in [0.2, 0.25) is 0 Å². The van der Waals surface area contributed by atoms with Crippen molar-refractivity contribution in [3.05, 3.63) is 76.9 Å². The molecule has 0 radical (unpaired) electrons. The van der Waals surface area contributed by atoms with Crippen LogP contribution in [0.1, 0.15) is 96.6 Å². The minimum atomic E-state index is -4.16. The highest BCUT2D eigenvalue weighted by Gasteiger charge is 2.27. The number of carboxylic acid groups (broad SMARTS) is 1. The van der Waals surface area contributed by atoms with Crippen molar-refractivity contribution in [2.45, 2.75) is 85.1 Å². The van der Waals surface area contributed by atoms with Crippen molar-refractivity contribution < 1.29 is 46.2 Å². The van der Waals surface area contributed by atoms with E-state index in [9.17, 15) is 27.7 Å². The van der Waals surface area contributed by atoms with Gasteiger partial charge in [0.2, 0.25) is 11.0 Å². The number of hydrogen-bond donors (Lipinski definition) is 2. The quantitative estimate of drug-likeness (QED) is 0.0181. The molecular weight excluding hydrogens is 669 g/mol. The lowest BCUT2D eigenvalue weighted by molar-refractivity contribution is -0.890. The zero-order chi connectivity index (χ0) is 37.2. The monoisotopic (exact) mass is 722 g/mol. The maximum Gasteiger partial charge on any atom is 0.345 e. The molecule has 3 aromatic carbocycles. The van der Waals surface area contributed by atoms with Crippen LogP contribution in [-0.2, 0) is 16.7 Å². The Bertz CT molecular complexity index is 1930. The zero-order valence-corrected chi connectivity index (χ0v) is 31.6. The molecule has 0 atom stereocenters. The first-order chi connectivity index (χ1) is 24.2. The highest BCUT2D eigenvalue weighted by molar-refractivity contribution is 7.85. The Morgan fingerprint density at radius 3 is 2.10 bits per heavy atom. The van der Waals surface area contributed by atoms with Gasteiger partial charge in [0.1, 0.15) is 11.5 Å². The van der Waals surface area contributed by atoms with E-state index in [0.717, 1.165) is 23.7 Å². The predicted molar refractivity (Wildman–Crippen MR) is 200 cm³/mol. The van der Waals surface area contributed by atoms with Crippen molar-refractivity contribution in [1.82, 2.24) is 0 Å². The van der Waals surface area contributed by atoms with Crippen LogP contribution < -0.4 is 14.0 Å². The second kappa shape index (κ2) is 17.9. The second-order valence-electron chi connectivity index (χ2n) is 14.2. The molecule has 51 heavy (non-hydrogen) atoms. The lowest BCUT2D eigenvalue weighted by atomic mass is 10.0. The maximum absolute atomic E-state index is 14.1. The number of carbonyl (C=O) groups is 2. The van der Waals surface area contributed by atoms with E-state index in [2.05, 4.69) is 21.0 Å². The van der Waals surface area contributed by atoms with E-state index in [1.54, 1.807) is 13.8 Å². The summed E-state index contributed by atoms with van der Waals surface area (Å²) in [5, 5.41) is 10.7. The van der Waals surface area contributed by atoms with E-state index in [-0.39, 0.29) is 18.5 Å². The number of para-hydroxylation sites is 1. The standard InChI is InChI=1S/C40H52N2O8S/c1-6-7-22-42(4,5)23-14-10-8-9-11-15-24-49-32-19-20-36-34(28-32)37(40(45)50-38-29(2)26-31(39(43)44)27-30(38)3)33-17-12-13-18-35(33)41(36)21-16-25-51(46,47)48/h12-13,17-20,26-28H,6-11,14-16,21-25H2,1-5H3/p+2. The highest BCUT2D eigenvalue weighted by atomic mass is 32.2. The SMILES string of the molecule is CCCC[N+](C)(C)CCCCCCCCOc1ccc2c(c1)c(C(=O)Oc1c(C)cc(C(=O)O)cc1C)c1ccccc1[n+]2CCCS(=O)(=O)O. The summed E-state index contributed by atoms with van der Waals surface area (Å²) in [6, 6.07) is 15.8. The van der Waals surface area contributed by atoms with Crippen molar-refractivity contribution in [1.29, 1.82) is 0 Å². The number of unbranched alkanes of at least 4 members (excludes halogenated alkanes) is 6. The lowest BCUT2D eigenvalue weighted by Crippen LogP contribution is -2.41. The van der Waals surface area contributed by atoms with Crippen LogP contribution in [0, 0.1) is 13.8 Å². The van der Waals surface area contributed by atoms with E-state index in [4.69, 9.17) is 9.47 Å². The molecule has 11 heteroatoms. The van der Waals surface area contributed by atoms with E-state index in [1.165, 1.54) is 57.3 Å². The van der Waals surface area contributed by atoms with Gasteiger partial charge in [0.15, 0.2) is 6.54 Å². The molecule has 276 valence electrons. The van der Waals surface area contributed by atoms with Crippen LogP contribution in [0.3, 0.4) is 0 Å². The maximum atomic E-state index is 14.1. The summed E-state index contributed by atoms with van der Waals surface area (Å²) < 4.78 is 47.7.